The zero-order valence-corrected chi connectivity index (χ0v) is 7.05. The van der Waals surface area contributed by atoms with Crippen molar-refractivity contribution >= 4 is 5.84 Å². The van der Waals surface area contributed by atoms with Crippen molar-refractivity contribution in [3.63, 3.8) is 0 Å². The van der Waals surface area contributed by atoms with Crippen LogP contribution in [0.2, 0.25) is 0 Å². The number of rotatable bonds is 3. The van der Waals surface area contributed by atoms with Crippen molar-refractivity contribution in [2.45, 2.75) is 13.0 Å². The highest BCUT2D eigenvalue weighted by atomic mass is 19.1. The van der Waals surface area contributed by atoms with E-state index in [9.17, 15) is 4.39 Å². The molecule has 0 heterocycles. The molecule has 0 atom stereocenters. The van der Waals surface area contributed by atoms with Crippen molar-refractivity contribution in [3.05, 3.63) is 35.1 Å². The first-order valence-corrected chi connectivity index (χ1v) is 3.84. The van der Waals surface area contributed by atoms with Gasteiger partial charge in [0.15, 0.2) is 0 Å². The predicted octanol–water partition coefficient (Wildman–Crippen LogP) is 0.796. The molecule has 1 aromatic carbocycles. The number of nitrogens with two attached hydrogens (primary N) is 1. The van der Waals surface area contributed by atoms with E-state index in [2.05, 4.69) is 0 Å². The number of nitrogens with one attached hydrogen (secondary N) is 1. The minimum atomic E-state index is -0.435. The Bertz CT molecular complexity index is 325. The average Bonchev–Trinajstić information content (AvgIpc) is 2.07. The van der Waals surface area contributed by atoms with Gasteiger partial charge >= 0.3 is 0 Å². The minimum absolute atomic E-state index is 0.0236. The Hall–Kier alpha value is -1.42. The minimum Gasteiger partial charge on any atom is -0.392 e. The van der Waals surface area contributed by atoms with Gasteiger partial charge in [-0.05, 0) is 11.6 Å². The Kier molecular flexibility index (Phi) is 2.97. The lowest BCUT2D eigenvalue weighted by atomic mass is 10.1. The highest BCUT2D eigenvalue weighted by molar-refractivity contribution is 5.79. The van der Waals surface area contributed by atoms with Gasteiger partial charge in [0, 0.05) is 12.0 Å². The molecule has 4 heteroatoms. The number of benzene rings is 1. The number of aliphatic hydroxyl groups is 1. The van der Waals surface area contributed by atoms with E-state index in [0.717, 1.165) is 5.56 Å². The van der Waals surface area contributed by atoms with Crippen LogP contribution in [-0.4, -0.2) is 10.9 Å². The Morgan fingerprint density at radius 1 is 1.54 bits per heavy atom. The predicted molar refractivity (Wildman–Crippen MR) is 47.9 cm³/mol. The lowest BCUT2D eigenvalue weighted by molar-refractivity contribution is 0.275. The van der Waals surface area contributed by atoms with Gasteiger partial charge in [-0.3, -0.25) is 5.41 Å². The molecule has 13 heavy (non-hydrogen) atoms. The van der Waals surface area contributed by atoms with Crippen LogP contribution in [0.15, 0.2) is 18.2 Å². The van der Waals surface area contributed by atoms with Crippen LogP contribution in [0.25, 0.3) is 0 Å². The Morgan fingerprint density at radius 2 is 2.23 bits per heavy atom. The molecular weight excluding hydrogens is 171 g/mol. The topological polar surface area (TPSA) is 70.1 Å². The second kappa shape index (κ2) is 4.00. The first kappa shape index (κ1) is 9.67. The molecule has 0 unspecified atom stereocenters. The van der Waals surface area contributed by atoms with E-state index in [-0.39, 0.29) is 24.4 Å². The Labute approximate surface area is 75.5 Å². The van der Waals surface area contributed by atoms with E-state index in [1.54, 1.807) is 6.07 Å². The molecule has 0 spiro atoms. The third-order valence-electron chi connectivity index (χ3n) is 1.68. The second-order valence-corrected chi connectivity index (χ2v) is 2.79. The van der Waals surface area contributed by atoms with Crippen molar-refractivity contribution in [1.29, 1.82) is 5.41 Å². The van der Waals surface area contributed by atoms with E-state index < -0.39 is 5.82 Å². The summed E-state index contributed by atoms with van der Waals surface area (Å²) in [5, 5.41) is 15.8. The molecule has 1 aromatic rings. The summed E-state index contributed by atoms with van der Waals surface area (Å²) in [6.45, 7) is -0.336. The van der Waals surface area contributed by atoms with E-state index in [4.69, 9.17) is 16.2 Å². The van der Waals surface area contributed by atoms with Crippen molar-refractivity contribution in [2.24, 2.45) is 5.73 Å². The summed E-state index contributed by atoms with van der Waals surface area (Å²) in [6.07, 6.45) is 0.285. The fourth-order valence-electron chi connectivity index (χ4n) is 1.08. The zero-order chi connectivity index (χ0) is 9.84. The molecule has 0 saturated carbocycles. The zero-order valence-electron chi connectivity index (χ0n) is 7.05. The van der Waals surface area contributed by atoms with E-state index in [1.165, 1.54) is 12.1 Å². The van der Waals surface area contributed by atoms with Crippen molar-refractivity contribution in [1.82, 2.24) is 0 Å². The molecule has 4 N–H and O–H groups in total. The van der Waals surface area contributed by atoms with Crippen LogP contribution in [0.4, 0.5) is 4.39 Å². The van der Waals surface area contributed by atoms with Gasteiger partial charge in [0.2, 0.25) is 0 Å². The van der Waals surface area contributed by atoms with Gasteiger partial charge in [0.25, 0.3) is 0 Å². The van der Waals surface area contributed by atoms with E-state index in [0.29, 0.717) is 0 Å². The Morgan fingerprint density at radius 3 is 2.77 bits per heavy atom. The number of hydrogen-bond acceptors (Lipinski definition) is 2. The van der Waals surface area contributed by atoms with Crippen molar-refractivity contribution in [3.8, 4) is 0 Å². The van der Waals surface area contributed by atoms with Crippen LogP contribution in [-0.2, 0) is 13.0 Å². The summed E-state index contributed by atoms with van der Waals surface area (Å²) in [5.41, 5.74) is 6.15. The van der Waals surface area contributed by atoms with Crippen LogP contribution in [0.1, 0.15) is 11.1 Å². The van der Waals surface area contributed by atoms with E-state index in [1.807, 2.05) is 0 Å². The molecule has 3 nitrogen and oxygen atoms in total. The lowest BCUT2D eigenvalue weighted by Crippen LogP contribution is -2.12. The third-order valence-corrected chi connectivity index (χ3v) is 1.68. The highest BCUT2D eigenvalue weighted by Gasteiger charge is 2.02. The summed E-state index contributed by atoms with van der Waals surface area (Å²) >= 11 is 0. The molecule has 0 bridgehead atoms. The number of halogens is 1. The average molecular weight is 182 g/mol. The van der Waals surface area contributed by atoms with Crippen LogP contribution in [0.3, 0.4) is 0 Å². The molecule has 0 aliphatic carbocycles. The second-order valence-electron chi connectivity index (χ2n) is 2.79. The first-order chi connectivity index (χ1) is 6.13. The van der Waals surface area contributed by atoms with Crippen LogP contribution in [0.5, 0.6) is 0 Å². The fraction of sp³-hybridized carbons (Fsp3) is 0.222. The molecule has 0 aliphatic heterocycles. The molecule has 0 amide bonds. The quantitative estimate of drug-likeness (QED) is 0.478. The molecule has 0 aromatic heterocycles. The number of hydrogen-bond donors (Lipinski definition) is 3. The molecule has 0 fully saturated rings. The summed E-state index contributed by atoms with van der Waals surface area (Å²) in [4.78, 5) is 0. The molecule has 0 radical (unpaired) electrons. The largest absolute Gasteiger partial charge is 0.392 e. The normalized spacial score (nSPS) is 10.0. The highest BCUT2D eigenvalue weighted by Crippen LogP contribution is 2.10. The van der Waals surface area contributed by atoms with Crippen LogP contribution in [0, 0.1) is 11.2 Å². The summed E-state index contributed by atoms with van der Waals surface area (Å²) in [7, 11) is 0. The smallest absolute Gasteiger partial charge is 0.128 e. The summed E-state index contributed by atoms with van der Waals surface area (Å²) in [6, 6.07) is 4.33. The summed E-state index contributed by atoms with van der Waals surface area (Å²) in [5.74, 6) is -0.412. The molecule has 0 saturated heterocycles. The van der Waals surface area contributed by atoms with Crippen LogP contribution >= 0.6 is 0 Å². The maximum absolute atomic E-state index is 12.9. The van der Waals surface area contributed by atoms with Gasteiger partial charge < -0.3 is 10.8 Å². The van der Waals surface area contributed by atoms with E-state index >= 15 is 0 Å². The van der Waals surface area contributed by atoms with Gasteiger partial charge in [-0.25, -0.2) is 4.39 Å². The number of amidine groups is 1. The SMILES string of the molecule is N=C(N)Cc1ccc(F)c(CO)c1. The van der Waals surface area contributed by atoms with Gasteiger partial charge in [0.1, 0.15) is 5.82 Å². The standard InChI is InChI=1S/C9H11FN2O/c10-8-2-1-6(4-9(11)12)3-7(8)5-13/h1-3,13H,4-5H2,(H3,11,12). The van der Waals surface area contributed by atoms with Gasteiger partial charge in [-0.1, -0.05) is 12.1 Å². The summed E-state index contributed by atoms with van der Waals surface area (Å²) < 4.78 is 12.9. The first-order valence-electron chi connectivity index (χ1n) is 3.84. The fourth-order valence-corrected chi connectivity index (χ4v) is 1.08. The van der Waals surface area contributed by atoms with Crippen LogP contribution < -0.4 is 5.73 Å². The third kappa shape index (κ3) is 2.52. The monoisotopic (exact) mass is 182 g/mol. The van der Waals surface area contributed by atoms with Crippen molar-refractivity contribution < 1.29 is 9.50 Å². The van der Waals surface area contributed by atoms with Gasteiger partial charge in [-0.2, -0.15) is 0 Å². The molecule has 1 rings (SSSR count). The number of aliphatic hydroxyl groups excluding tert-OH is 1. The molecule has 0 aliphatic rings. The molecular formula is C9H11FN2O. The maximum Gasteiger partial charge on any atom is 0.128 e. The van der Waals surface area contributed by atoms with Gasteiger partial charge in [-0.15, -0.1) is 0 Å². The van der Waals surface area contributed by atoms with Gasteiger partial charge in [0.05, 0.1) is 12.4 Å². The maximum atomic E-state index is 12.9. The van der Waals surface area contributed by atoms with Crippen molar-refractivity contribution in [2.75, 3.05) is 0 Å². The Balaban J connectivity index is 2.92. The molecule has 70 valence electrons. The lowest BCUT2D eigenvalue weighted by Gasteiger charge is -2.03.